The van der Waals surface area contributed by atoms with Crippen molar-refractivity contribution >= 4 is 23.3 Å². The van der Waals surface area contributed by atoms with E-state index in [0.717, 1.165) is 21.7 Å². The third kappa shape index (κ3) is 5.13. The molecule has 0 bridgehead atoms. The van der Waals surface area contributed by atoms with Crippen LogP contribution in [0.15, 0.2) is 67.0 Å². The van der Waals surface area contributed by atoms with E-state index < -0.39 is 0 Å². The summed E-state index contributed by atoms with van der Waals surface area (Å²) >= 11 is 6.19. The molecule has 0 spiro atoms. The van der Waals surface area contributed by atoms with Gasteiger partial charge < -0.3 is 10.1 Å². The number of nitrogens with zero attached hydrogens (tertiary/aromatic N) is 4. The van der Waals surface area contributed by atoms with Gasteiger partial charge >= 0.3 is 0 Å². The summed E-state index contributed by atoms with van der Waals surface area (Å²) < 4.78 is 9.10. The fourth-order valence-corrected chi connectivity index (χ4v) is 3.26. The molecule has 0 aliphatic carbocycles. The van der Waals surface area contributed by atoms with Gasteiger partial charge in [0.1, 0.15) is 5.75 Å². The molecule has 0 fully saturated rings. The second kappa shape index (κ2) is 9.06. The van der Waals surface area contributed by atoms with Gasteiger partial charge in [0.05, 0.1) is 6.54 Å². The first kappa shape index (κ1) is 20.7. The number of rotatable bonds is 7. The molecule has 0 radical (unpaired) electrons. The van der Waals surface area contributed by atoms with Crippen LogP contribution in [0.3, 0.4) is 0 Å². The maximum Gasteiger partial charge on any atom is 0.277 e. The van der Waals surface area contributed by atoms with E-state index in [0.29, 0.717) is 18.1 Å². The Kier molecular flexibility index (Phi) is 6.04. The molecule has 2 heterocycles. The number of hydrogen-bond donors (Lipinski definition) is 1. The van der Waals surface area contributed by atoms with Crippen molar-refractivity contribution in [3.63, 3.8) is 0 Å². The van der Waals surface area contributed by atoms with Gasteiger partial charge in [0.2, 0.25) is 0 Å². The predicted molar refractivity (Wildman–Crippen MR) is 120 cm³/mol. The van der Waals surface area contributed by atoms with E-state index in [1.807, 2.05) is 62.5 Å². The molecule has 1 amide bonds. The molecule has 0 saturated heterocycles. The number of nitrogens with one attached hydrogen (secondary N) is 1. The Hall–Kier alpha value is -3.58. The third-order valence-electron chi connectivity index (χ3n) is 4.72. The highest BCUT2D eigenvalue weighted by molar-refractivity contribution is 6.32. The molecule has 8 heteroatoms. The van der Waals surface area contributed by atoms with Crippen LogP contribution < -0.4 is 10.1 Å². The van der Waals surface area contributed by atoms with Crippen molar-refractivity contribution in [3.05, 3.63) is 94.4 Å². The van der Waals surface area contributed by atoms with E-state index in [2.05, 4.69) is 15.5 Å². The Bertz CT molecular complexity index is 1180. The Morgan fingerprint density at radius 1 is 1.00 bits per heavy atom. The van der Waals surface area contributed by atoms with E-state index in [4.69, 9.17) is 16.3 Å². The number of hydrogen-bond acceptors (Lipinski definition) is 4. The molecule has 158 valence electrons. The highest BCUT2D eigenvalue weighted by atomic mass is 35.5. The number of amides is 1. The SMILES string of the molecule is Cc1cc(OCn2ccc(C(=O)Nc3ccn(Cc4ccccc4)n3)n2)cc(C)c1Cl. The van der Waals surface area contributed by atoms with Gasteiger partial charge in [0.25, 0.3) is 5.91 Å². The maximum absolute atomic E-state index is 12.5. The molecule has 0 aliphatic rings. The van der Waals surface area contributed by atoms with Crippen LogP contribution in [0.25, 0.3) is 0 Å². The predicted octanol–water partition coefficient (Wildman–Crippen LogP) is 4.69. The first-order valence-corrected chi connectivity index (χ1v) is 10.2. The van der Waals surface area contributed by atoms with Crippen LogP contribution in [-0.4, -0.2) is 25.5 Å². The van der Waals surface area contributed by atoms with E-state index in [1.165, 1.54) is 0 Å². The Labute approximate surface area is 185 Å². The molecule has 31 heavy (non-hydrogen) atoms. The number of aromatic nitrogens is 4. The Morgan fingerprint density at radius 3 is 2.45 bits per heavy atom. The first-order chi connectivity index (χ1) is 15.0. The van der Waals surface area contributed by atoms with Crippen molar-refractivity contribution in [2.24, 2.45) is 0 Å². The monoisotopic (exact) mass is 435 g/mol. The van der Waals surface area contributed by atoms with Gasteiger partial charge in [-0.1, -0.05) is 41.9 Å². The minimum atomic E-state index is -0.332. The molecular formula is C23H22ClN5O2. The van der Waals surface area contributed by atoms with Gasteiger partial charge in [-0.3, -0.25) is 9.48 Å². The molecular weight excluding hydrogens is 414 g/mol. The van der Waals surface area contributed by atoms with E-state index >= 15 is 0 Å². The number of halogens is 1. The zero-order valence-electron chi connectivity index (χ0n) is 17.2. The van der Waals surface area contributed by atoms with Crippen LogP contribution in [-0.2, 0) is 13.3 Å². The molecule has 1 N–H and O–H groups in total. The van der Waals surface area contributed by atoms with Gasteiger partial charge in [0.15, 0.2) is 18.2 Å². The van der Waals surface area contributed by atoms with Crippen molar-refractivity contribution in [2.45, 2.75) is 27.1 Å². The highest BCUT2D eigenvalue weighted by Gasteiger charge is 2.12. The Balaban J connectivity index is 1.34. The average molecular weight is 436 g/mol. The number of benzene rings is 2. The van der Waals surface area contributed by atoms with Crippen LogP contribution in [0.1, 0.15) is 27.2 Å². The number of ether oxygens (including phenoxy) is 1. The van der Waals surface area contributed by atoms with Crippen molar-refractivity contribution < 1.29 is 9.53 Å². The summed E-state index contributed by atoms with van der Waals surface area (Å²) in [5, 5.41) is 12.2. The van der Waals surface area contributed by atoms with Crippen LogP contribution in [0.2, 0.25) is 5.02 Å². The van der Waals surface area contributed by atoms with Gasteiger partial charge in [-0.25, -0.2) is 4.68 Å². The standard InChI is InChI=1S/C23H22ClN5O2/c1-16-12-19(13-17(2)22(16)24)31-15-29-10-8-20(26-29)23(30)25-21-9-11-28(27-21)14-18-6-4-3-5-7-18/h3-13H,14-15H2,1-2H3,(H,25,27,30). The lowest BCUT2D eigenvalue weighted by molar-refractivity contribution is 0.101. The fraction of sp³-hybridized carbons (Fsp3) is 0.174. The fourth-order valence-electron chi connectivity index (χ4n) is 3.15. The van der Waals surface area contributed by atoms with Crippen molar-refractivity contribution in [1.29, 1.82) is 0 Å². The normalized spacial score (nSPS) is 10.8. The smallest absolute Gasteiger partial charge is 0.277 e. The molecule has 0 atom stereocenters. The van der Waals surface area contributed by atoms with Gasteiger partial charge in [-0.2, -0.15) is 10.2 Å². The van der Waals surface area contributed by atoms with Crippen LogP contribution >= 0.6 is 11.6 Å². The van der Waals surface area contributed by atoms with Crippen LogP contribution in [0, 0.1) is 13.8 Å². The van der Waals surface area contributed by atoms with Gasteiger partial charge in [0, 0.05) is 23.5 Å². The maximum atomic E-state index is 12.5. The number of anilines is 1. The van der Waals surface area contributed by atoms with E-state index in [9.17, 15) is 4.79 Å². The highest BCUT2D eigenvalue weighted by Crippen LogP contribution is 2.26. The molecule has 0 saturated carbocycles. The molecule has 4 rings (SSSR count). The molecule has 4 aromatic rings. The summed E-state index contributed by atoms with van der Waals surface area (Å²) in [6, 6.07) is 17.1. The molecule has 0 aliphatic heterocycles. The van der Waals surface area contributed by atoms with Crippen molar-refractivity contribution in [1.82, 2.24) is 19.6 Å². The zero-order valence-corrected chi connectivity index (χ0v) is 18.0. The summed E-state index contributed by atoms with van der Waals surface area (Å²) in [6.45, 7) is 4.67. The molecule has 7 nitrogen and oxygen atoms in total. The molecule has 0 unspecified atom stereocenters. The zero-order chi connectivity index (χ0) is 21.8. The number of aryl methyl sites for hydroxylation is 2. The second-order valence-corrected chi connectivity index (χ2v) is 7.60. The van der Waals surface area contributed by atoms with E-state index in [-0.39, 0.29) is 18.3 Å². The minimum absolute atomic E-state index is 0.180. The lowest BCUT2D eigenvalue weighted by Gasteiger charge is -2.10. The van der Waals surface area contributed by atoms with Gasteiger partial charge in [-0.05, 0) is 48.7 Å². The quantitative estimate of drug-likeness (QED) is 0.457. The van der Waals surface area contributed by atoms with Crippen molar-refractivity contribution in [3.8, 4) is 5.75 Å². The summed E-state index contributed by atoms with van der Waals surface area (Å²) in [4.78, 5) is 12.5. The first-order valence-electron chi connectivity index (χ1n) is 9.79. The summed E-state index contributed by atoms with van der Waals surface area (Å²) in [5.74, 6) is 0.839. The third-order valence-corrected chi connectivity index (χ3v) is 5.31. The Morgan fingerprint density at radius 2 is 1.71 bits per heavy atom. The minimum Gasteiger partial charge on any atom is -0.471 e. The van der Waals surface area contributed by atoms with E-state index in [1.54, 1.807) is 27.7 Å². The second-order valence-electron chi connectivity index (χ2n) is 7.22. The number of carbonyl (C=O) groups is 1. The summed E-state index contributed by atoms with van der Waals surface area (Å²) in [5.41, 5.74) is 3.31. The largest absolute Gasteiger partial charge is 0.471 e. The van der Waals surface area contributed by atoms with Crippen LogP contribution in [0.5, 0.6) is 5.75 Å². The van der Waals surface area contributed by atoms with Crippen molar-refractivity contribution in [2.75, 3.05) is 5.32 Å². The summed E-state index contributed by atoms with van der Waals surface area (Å²) in [6.07, 6.45) is 3.52. The van der Waals surface area contributed by atoms with Crippen LogP contribution in [0.4, 0.5) is 5.82 Å². The lowest BCUT2D eigenvalue weighted by Crippen LogP contribution is -2.15. The number of carbonyl (C=O) groups excluding carboxylic acids is 1. The topological polar surface area (TPSA) is 74.0 Å². The lowest BCUT2D eigenvalue weighted by atomic mass is 10.1. The average Bonchev–Trinajstić information content (AvgIpc) is 3.41. The molecule has 2 aromatic carbocycles. The summed E-state index contributed by atoms with van der Waals surface area (Å²) in [7, 11) is 0. The molecule has 2 aromatic heterocycles. The van der Waals surface area contributed by atoms with Gasteiger partial charge in [-0.15, -0.1) is 0 Å².